The Hall–Kier alpha value is -5.61. The van der Waals surface area contributed by atoms with Gasteiger partial charge in [0.05, 0.1) is 26.4 Å². The van der Waals surface area contributed by atoms with Crippen molar-refractivity contribution in [2.75, 3.05) is 39.6 Å². The van der Waals surface area contributed by atoms with Crippen LogP contribution in [0, 0.1) is 0 Å². The lowest BCUT2D eigenvalue weighted by Gasteiger charge is -2.21. The third kappa shape index (κ3) is 75.4. The van der Waals surface area contributed by atoms with Gasteiger partial charge in [-0.1, -0.05) is 267 Å². The zero-order valence-electron chi connectivity index (χ0n) is 62.0. The maximum absolute atomic E-state index is 13.0. The summed E-state index contributed by atoms with van der Waals surface area (Å²) in [7, 11) is -9.83. The highest BCUT2D eigenvalue weighted by Crippen LogP contribution is 2.45. The van der Waals surface area contributed by atoms with E-state index in [0.717, 1.165) is 173 Å². The molecule has 0 rings (SSSR count). The van der Waals surface area contributed by atoms with E-state index < -0.39 is 91.5 Å². The number of esters is 3. The van der Waals surface area contributed by atoms with Crippen LogP contribution >= 0.6 is 15.6 Å². The predicted octanol–water partition coefficient (Wildman–Crippen LogP) is 22.0. The second-order valence-corrected chi connectivity index (χ2v) is 27.2. The Morgan fingerprint density at radius 2 is 0.495 bits per heavy atom. The molecule has 0 heterocycles. The number of rotatable bonds is 69. The normalized spacial score (nSPS) is 15.1. The summed E-state index contributed by atoms with van der Waals surface area (Å²) >= 11 is 0. The molecule has 0 radical (unpaired) electrons. The van der Waals surface area contributed by atoms with Gasteiger partial charge in [-0.3, -0.25) is 32.5 Å². The Kier molecular flexibility index (Phi) is 70.0. The van der Waals surface area contributed by atoms with Gasteiger partial charge in [-0.2, -0.15) is 0 Å². The van der Waals surface area contributed by atoms with Crippen molar-refractivity contribution in [1.82, 2.24) is 0 Å². The molecule has 0 aromatic heterocycles. The van der Waals surface area contributed by atoms with Gasteiger partial charge in [-0.05, 0) is 161 Å². The zero-order valence-corrected chi connectivity index (χ0v) is 63.8. The van der Waals surface area contributed by atoms with Crippen molar-refractivity contribution in [2.45, 2.75) is 270 Å². The van der Waals surface area contributed by atoms with Crippen LogP contribution in [0.4, 0.5) is 0 Å². The highest BCUT2D eigenvalue weighted by atomic mass is 31.2. The summed E-state index contributed by atoms with van der Waals surface area (Å²) in [5.74, 6) is -1.68. The third-order valence-corrected chi connectivity index (χ3v) is 16.7. The number of ether oxygens (including phenoxy) is 3. The van der Waals surface area contributed by atoms with Crippen LogP contribution in [0.15, 0.2) is 194 Å². The second-order valence-electron chi connectivity index (χ2n) is 24.3. The number of aliphatic hydroxyl groups excluding tert-OH is 2. The first-order chi connectivity index (χ1) is 49.2. The number of phosphoric acid groups is 2. The molecule has 0 fully saturated rings. The van der Waals surface area contributed by atoms with E-state index in [9.17, 15) is 43.5 Å². The molecule has 0 spiro atoms. The van der Waals surface area contributed by atoms with Gasteiger partial charge in [0.1, 0.15) is 25.4 Å². The molecule has 0 aliphatic rings. The lowest BCUT2D eigenvalue weighted by Crippen LogP contribution is -2.30. The molecule has 101 heavy (non-hydrogen) atoms. The Morgan fingerprint density at radius 3 is 0.802 bits per heavy atom. The molecular formula is C83H132O16P2. The lowest BCUT2D eigenvalue weighted by molar-refractivity contribution is -0.161. The standard InChI is InChI=1S/C83H132O16P2/c1-4-7-10-13-16-19-22-25-28-31-33-35-36-37-38-39-40-42-44-46-48-51-54-57-60-63-66-69-81(86)93-72-78(84)73-95-100(89,90)96-74-79(85)75-97-101(91,92)98-77-80(99-83(88)71-68-65-62-59-56-53-50-45-30-27-24-21-18-15-12-9-6-3)76-94-82(87)70-67-64-61-58-55-52-49-47-43-41-34-32-29-26-23-20-17-14-11-8-5-2/h7-12,16-21,25-30,33-35,37-38,40-42,47,49-50,53,55,58,78-80,84-85H,4-6,13-15,22-24,31-32,36,39,43-46,48,51-52,54,56-57,59-77H2,1-3H3,(H,89,90)(H,91,92)/b10-7-,11-8-,12-9-,19-16-,20-17-,21-18-,28-25-,29-26-,30-27-,35-33-,38-37-,41-34-,42-40-,49-47-,53-50-,58-55-. The summed E-state index contributed by atoms with van der Waals surface area (Å²) < 4.78 is 61.0. The number of phosphoric ester groups is 2. The third-order valence-electron chi connectivity index (χ3n) is 14.8. The molecule has 5 atom stereocenters. The number of allylic oxidation sites excluding steroid dienone is 32. The van der Waals surface area contributed by atoms with Crippen LogP contribution in [0.1, 0.15) is 252 Å². The molecule has 570 valence electrons. The van der Waals surface area contributed by atoms with Gasteiger partial charge in [-0.15, -0.1) is 0 Å². The maximum atomic E-state index is 13.0. The Morgan fingerprint density at radius 1 is 0.277 bits per heavy atom. The molecule has 0 amide bonds. The van der Waals surface area contributed by atoms with Crippen LogP contribution < -0.4 is 0 Å². The van der Waals surface area contributed by atoms with Crippen LogP contribution in [0.3, 0.4) is 0 Å². The molecule has 0 saturated heterocycles. The van der Waals surface area contributed by atoms with Crippen molar-refractivity contribution >= 4 is 33.6 Å². The van der Waals surface area contributed by atoms with E-state index in [4.69, 9.17) is 32.3 Å². The molecule has 0 saturated carbocycles. The van der Waals surface area contributed by atoms with Gasteiger partial charge in [0.15, 0.2) is 6.10 Å². The van der Waals surface area contributed by atoms with Gasteiger partial charge in [0.2, 0.25) is 0 Å². The number of aliphatic hydroxyl groups is 2. The van der Waals surface area contributed by atoms with E-state index in [2.05, 4.69) is 215 Å². The first kappa shape index (κ1) is 95.4. The van der Waals surface area contributed by atoms with Crippen LogP contribution in [-0.4, -0.2) is 95.9 Å². The van der Waals surface area contributed by atoms with E-state index >= 15 is 0 Å². The highest BCUT2D eigenvalue weighted by molar-refractivity contribution is 7.47. The Bertz CT molecular complexity index is 2620. The smallest absolute Gasteiger partial charge is 0.463 e. The topological polar surface area (TPSA) is 231 Å². The summed E-state index contributed by atoms with van der Waals surface area (Å²) in [6.07, 6.45) is 96.2. The molecule has 0 aliphatic carbocycles. The van der Waals surface area contributed by atoms with Crippen LogP contribution in [0.2, 0.25) is 0 Å². The summed E-state index contributed by atoms with van der Waals surface area (Å²) in [4.78, 5) is 58.6. The lowest BCUT2D eigenvalue weighted by atomic mass is 10.1. The molecular weight excluding hydrogens is 1310 g/mol. The number of unbranched alkanes of at least 4 members (excludes halogenated alkanes) is 14. The fourth-order valence-electron chi connectivity index (χ4n) is 9.15. The summed E-state index contributed by atoms with van der Waals surface area (Å²) in [5, 5.41) is 20.6. The highest BCUT2D eigenvalue weighted by Gasteiger charge is 2.29. The first-order valence-corrected chi connectivity index (χ1v) is 40.7. The number of carbonyl (C=O) groups excluding carboxylic acids is 3. The van der Waals surface area contributed by atoms with Crippen molar-refractivity contribution < 1.29 is 75.8 Å². The van der Waals surface area contributed by atoms with Crippen molar-refractivity contribution in [3.05, 3.63) is 194 Å². The van der Waals surface area contributed by atoms with Crippen molar-refractivity contribution in [3.8, 4) is 0 Å². The van der Waals surface area contributed by atoms with Crippen LogP contribution in [0.5, 0.6) is 0 Å². The van der Waals surface area contributed by atoms with Crippen molar-refractivity contribution in [2.24, 2.45) is 0 Å². The van der Waals surface area contributed by atoms with E-state index in [1.54, 1.807) is 0 Å². The largest absolute Gasteiger partial charge is 0.472 e. The van der Waals surface area contributed by atoms with E-state index in [1.165, 1.54) is 19.3 Å². The number of carbonyl (C=O) groups is 3. The Labute approximate surface area is 610 Å². The molecule has 0 aliphatic heterocycles. The van der Waals surface area contributed by atoms with Gasteiger partial charge in [-0.25, -0.2) is 9.13 Å². The average molecular weight is 1450 g/mol. The maximum Gasteiger partial charge on any atom is 0.472 e. The summed E-state index contributed by atoms with van der Waals surface area (Å²) in [6, 6.07) is 0. The molecule has 0 aromatic rings. The second kappa shape index (κ2) is 74.1. The van der Waals surface area contributed by atoms with E-state index in [-0.39, 0.29) is 19.3 Å². The quantitative estimate of drug-likeness (QED) is 0.0146. The Balaban J connectivity index is 4.70. The minimum Gasteiger partial charge on any atom is -0.463 e. The van der Waals surface area contributed by atoms with Gasteiger partial charge in [0.25, 0.3) is 0 Å². The molecule has 5 unspecified atom stereocenters. The summed E-state index contributed by atoms with van der Waals surface area (Å²) in [6.45, 7) is 2.21. The van der Waals surface area contributed by atoms with Gasteiger partial charge < -0.3 is 34.2 Å². The monoisotopic (exact) mass is 1450 g/mol. The zero-order chi connectivity index (χ0) is 73.7. The number of hydrogen-bond donors (Lipinski definition) is 4. The van der Waals surface area contributed by atoms with Gasteiger partial charge in [0, 0.05) is 19.3 Å². The molecule has 0 aromatic carbocycles. The summed E-state index contributed by atoms with van der Waals surface area (Å²) in [5.41, 5.74) is 0. The average Bonchev–Trinajstić information content (AvgIpc) is 0.974. The van der Waals surface area contributed by atoms with Crippen LogP contribution in [-0.2, 0) is 55.8 Å². The predicted molar refractivity (Wildman–Crippen MR) is 417 cm³/mol. The van der Waals surface area contributed by atoms with Crippen molar-refractivity contribution in [1.29, 1.82) is 0 Å². The van der Waals surface area contributed by atoms with E-state index in [0.29, 0.717) is 19.3 Å². The molecule has 0 bridgehead atoms. The van der Waals surface area contributed by atoms with Gasteiger partial charge >= 0.3 is 33.6 Å². The fourth-order valence-corrected chi connectivity index (χ4v) is 10.7. The minimum absolute atomic E-state index is 0.0582. The molecule has 18 heteroatoms. The SMILES string of the molecule is CC/C=C\C/C=C\C/C=C\C/C=C\C/C=C\C/C=C\CCCCCCCCCCC(=O)OCC(O)COP(=O)(O)OCC(O)COP(=O)(O)OCC(COC(=O)CCCC/C=C\C/C=C\C/C=C\C/C=C\C/C=C\C/C=C\CC)OC(=O)CCCCCC/C=C\C/C=C\C/C=C\C/C=C\CC. The minimum atomic E-state index is -4.96. The molecule has 4 N–H and O–H groups in total. The van der Waals surface area contributed by atoms with Crippen molar-refractivity contribution in [3.63, 3.8) is 0 Å². The first-order valence-electron chi connectivity index (χ1n) is 37.7. The van der Waals surface area contributed by atoms with Crippen LogP contribution in [0.25, 0.3) is 0 Å². The molecule has 16 nitrogen and oxygen atoms in total. The number of hydrogen-bond acceptors (Lipinski definition) is 14. The fraction of sp³-hybridized carbons (Fsp3) is 0.578. The van der Waals surface area contributed by atoms with E-state index in [1.807, 2.05) is 0 Å².